The number of fused-ring (bicyclic) bond motifs is 1. The maximum Gasteiger partial charge on any atom is 0.178 e. The second-order valence-corrected chi connectivity index (χ2v) is 6.44. The fraction of sp³-hybridized carbons (Fsp3) is 0.500. The molecule has 1 aliphatic carbocycles. The highest BCUT2D eigenvalue weighted by molar-refractivity contribution is 7.71. The second kappa shape index (κ2) is 6.06. The lowest BCUT2D eigenvalue weighted by Gasteiger charge is -2.06. The first-order chi connectivity index (χ1) is 9.65. The molecule has 0 radical (unpaired) electrons. The number of aromatic amines is 1. The minimum absolute atomic E-state index is 0.537. The quantitative estimate of drug-likeness (QED) is 0.607. The van der Waals surface area contributed by atoms with Crippen LogP contribution in [0.2, 0.25) is 10.0 Å². The maximum absolute atomic E-state index is 6.08. The van der Waals surface area contributed by atoms with Gasteiger partial charge < -0.3 is 14.3 Å². The van der Waals surface area contributed by atoms with E-state index in [-0.39, 0.29) is 0 Å². The third-order valence-electron chi connectivity index (χ3n) is 3.54. The first-order valence-corrected chi connectivity index (χ1v) is 7.97. The zero-order valence-electron chi connectivity index (χ0n) is 11.0. The molecule has 2 aromatic rings. The van der Waals surface area contributed by atoms with Gasteiger partial charge in [-0.15, -0.1) is 0 Å². The average Bonchev–Trinajstić information content (AvgIpc) is 3.17. The summed E-state index contributed by atoms with van der Waals surface area (Å²) in [6.45, 7) is 2.49. The van der Waals surface area contributed by atoms with Gasteiger partial charge >= 0.3 is 0 Å². The van der Waals surface area contributed by atoms with Gasteiger partial charge in [0.1, 0.15) is 0 Å². The van der Waals surface area contributed by atoms with Crippen molar-refractivity contribution in [2.45, 2.75) is 25.8 Å². The molecular weight excluding hydrogens is 315 g/mol. The molecule has 0 spiro atoms. The van der Waals surface area contributed by atoms with Crippen molar-refractivity contribution < 1.29 is 4.74 Å². The Morgan fingerprint density at radius 1 is 1.30 bits per heavy atom. The molecule has 20 heavy (non-hydrogen) atoms. The molecule has 1 saturated carbocycles. The monoisotopic (exact) mass is 330 g/mol. The Morgan fingerprint density at radius 2 is 2.05 bits per heavy atom. The van der Waals surface area contributed by atoms with Gasteiger partial charge in [-0.05, 0) is 49.5 Å². The van der Waals surface area contributed by atoms with Crippen LogP contribution in [0, 0.1) is 10.7 Å². The minimum Gasteiger partial charge on any atom is -0.381 e. The Hall–Kier alpha value is -0.550. The van der Waals surface area contributed by atoms with E-state index in [9.17, 15) is 0 Å². The summed E-state index contributed by atoms with van der Waals surface area (Å²) >= 11 is 17.4. The number of halogens is 2. The Balaban J connectivity index is 1.68. The van der Waals surface area contributed by atoms with Crippen LogP contribution in [0.1, 0.15) is 19.3 Å². The lowest BCUT2D eigenvalue weighted by atomic mass is 10.3. The van der Waals surface area contributed by atoms with E-state index in [2.05, 4.69) is 4.98 Å². The van der Waals surface area contributed by atoms with Gasteiger partial charge in [0.2, 0.25) is 0 Å². The molecule has 1 aromatic carbocycles. The highest BCUT2D eigenvalue weighted by atomic mass is 35.5. The van der Waals surface area contributed by atoms with Crippen LogP contribution in [-0.4, -0.2) is 22.8 Å². The van der Waals surface area contributed by atoms with Crippen LogP contribution in [0.15, 0.2) is 12.1 Å². The van der Waals surface area contributed by atoms with E-state index in [0.717, 1.165) is 43.1 Å². The molecule has 0 saturated heterocycles. The van der Waals surface area contributed by atoms with Gasteiger partial charge in [0.05, 0.1) is 21.1 Å². The van der Waals surface area contributed by atoms with Gasteiger partial charge in [-0.2, -0.15) is 0 Å². The van der Waals surface area contributed by atoms with Crippen molar-refractivity contribution in [3.63, 3.8) is 0 Å². The smallest absolute Gasteiger partial charge is 0.178 e. The summed E-state index contributed by atoms with van der Waals surface area (Å²) < 4.78 is 8.39. The van der Waals surface area contributed by atoms with Gasteiger partial charge in [0, 0.05) is 19.8 Å². The number of hydrogen-bond donors (Lipinski definition) is 1. The Bertz CT molecular complexity index is 676. The van der Waals surface area contributed by atoms with Gasteiger partial charge in [-0.3, -0.25) is 0 Å². The van der Waals surface area contributed by atoms with Crippen molar-refractivity contribution in [2.75, 3.05) is 13.2 Å². The molecule has 0 amide bonds. The van der Waals surface area contributed by atoms with Crippen molar-refractivity contribution in [1.82, 2.24) is 9.55 Å². The van der Waals surface area contributed by atoms with E-state index in [1.165, 1.54) is 12.8 Å². The molecule has 6 heteroatoms. The topological polar surface area (TPSA) is 29.9 Å². The van der Waals surface area contributed by atoms with Crippen LogP contribution in [-0.2, 0) is 11.3 Å². The molecule has 0 aliphatic heterocycles. The molecule has 108 valence electrons. The lowest BCUT2D eigenvalue weighted by Crippen LogP contribution is -2.04. The zero-order chi connectivity index (χ0) is 14.1. The predicted octanol–water partition coefficient (Wildman–Crippen LogP) is 4.82. The number of imidazole rings is 1. The molecule has 3 rings (SSSR count). The van der Waals surface area contributed by atoms with Crippen molar-refractivity contribution >= 4 is 46.5 Å². The molecule has 1 fully saturated rings. The van der Waals surface area contributed by atoms with Gasteiger partial charge in [-0.1, -0.05) is 23.2 Å². The van der Waals surface area contributed by atoms with Crippen molar-refractivity contribution in [3.8, 4) is 0 Å². The number of rotatable bonds is 6. The predicted molar refractivity (Wildman–Crippen MR) is 85.3 cm³/mol. The number of aromatic nitrogens is 2. The average molecular weight is 331 g/mol. The normalized spacial score (nSPS) is 15.1. The van der Waals surface area contributed by atoms with Crippen LogP contribution in [0.3, 0.4) is 0 Å². The van der Waals surface area contributed by atoms with E-state index < -0.39 is 0 Å². The largest absolute Gasteiger partial charge is 0.381 e. The number of benzene rings is 1. The highest BCUT2D eigenvalue weighted by Crippen LogP contribution is 2.29. The summed E-state index contributed by atoms with van der Waals surface area (Å²) in [5.41, 5.74) is 1.91. The minimum atomic E-state index is 0.537. The lowest BCUT2D eigenvalue weighted by molar-refractivity contribution is 0.119. The van der Waals surface area contributed by atoms with Crippen molar-refractivity contribution in [2.24, 2.45) is 5.92 Å². The third kappa shape index (κ3) is 3.19. The number of nitrogens with zero attached hydrogens (tertiary/aromatic N) is 1. The summed E-state index contributed by atoms with van der Waals surface area (Å²) in [6.07, 6.45) is 3.59. The van der Waals surface area contributed by atoms with Crippen LogP contribution in [0.4, 0.5) is 0 Å². The molecule has 1 heterocycles. The zero-order valence-corrected chi connectivity index (χ0v) is 13.3. The Kier molecular flexibility index (Phi) is 4.36. The fourth-order valence-electron chi connectivity index (χ4n) is 2.23. The van der Waals surface area contributed by atoms with Gasteiger partial charge in [-0.25, -0.2) is 0 Å². The molecule has 1 N–H and O–H groups in total. The Labute approximate surface area is 132 Å². The van der Waals surface area contributed by atoms with Crippen LogP contribution < -0.4 is 0 Å². The number of ether oxygens (including phenoxy) is 1. The van der Waals surface area contributed by atoms with Crippen LogP contribution >= 0.6 is 35.4 Å². The molecule has 0 atom stereocenters. The molecule has 0 bridgehead atoms. The first kappa shape index (κ1) is 14.4. The third-order valence-corrected chi connectivity index (χ3v) is 4.58. The SMILES string of the molecule is S=c1[nH]c2cc(Cl)c(Cl)cc2n1CCCOCC1CC1. The molecular formula is C14H16Cl2N2OS. The van der Waals surface area contributed by atoms with Crippen LogP contribution in [0.25, 0.3) is 11.0 Å². The van der Waals surface area contributed by atoms with Crippen molar-refractivity contribution in [3.05, 3.63) is 26.9 Å². The standard InChI is InChI=1S/C14H16Cl2N2OS/c15-10-6-12-13(7-11(10)16)18(14(20)17-12)4-1-5-19-8-9-2-3-9/h6-7,9H,1-5,8H2,(H,17,20). The summed E-state index contributed by atoms with van der Waals surface area (Å²) in [5, 5.41) is 1.09. The molecule has 0 unspecified atom stereocenters. The van der Waals surface area contributed by atoms with E-state index in [0.29, 0.717) is 14.8 Å². The highest BCUT2D eigenvalue weighted by Gasteiger charge is 2.20. The van der Waals surface area contributed by atoms with Crippen molar-refractivity contribution in [1.29, 1.82) is 0 Å². The van der Waals surface area contributed by atoms with E-state index in [1.54, 1.807) is 0 Å². The van der Waals surface area contributed by atoms with Crippen LogP contribution in [0.5, 0.6) is 0 Å². The number of hydrogen-bond acceptors (Lipinski definition) is 2. The molecule has 1 aromatic heterocycles. The van der Waals surface area contributed by atoms with E-state index in [1.807, 2.05) is 16.7 Å². The maximum atomic E-state index is 6.08. The summed E-state index contributed by atoms with van der Waals surface area (Å²) in [4.78, 5) is 3.16. The fourth-order valence-corrected chi connectivity index (χ4v) is 2.85. The number of H-pyrrole nitrogens is 1. The first-order valence-electron chi connectivity index (χ1n) is 6.80. The van der Waals surface area contributed by atoms with Gasteiger partial charge in [0.25, 0.3) is 0 Å². The van der Waals surface area contributed by atoms with Gasteiger partial charge in [0.15, 0.2) is 4.77 Å². The summed E-state index contributed by atoms with van der Waals surface area (Å²) in [6, 6.07) is 3.67. The summed E-state index contributed by atoms with van der Waals surface area (Å²) in [5.74, 6) is 0.811. The summed E-state index contributed by atoms with van der Waals surface area (Å²) in [7, 11) is 0. The second-order valence-electron chi connectivity index (χ2n) is 5.24. The number of aryl methyl sites for hydroxylation is 1. The molecule has 3 nitrogen and oxygen atoms in total. The number of nitrogens with one attached hydrogen (secondary N) is 1. The molecule has 1 aliphatic rings. The van der Waals surface area contributed by atoms with E-state index in [4.69, 9.17) is 40.2 Å². The van der Waals surface area contributed by atoms with E-state index >= 15 is 0 Å². The Morgan fingerprint density at radius 3 is 2.80 bits per heavy atom.